The zero-order chi connectivity index (χ0) is 12.4. The molecule has 1 aromatic carbocycles. The van der Waals surface area contributed by atoms with Crippen LogP contribution in [0.15, 0.2) is 16.6 Å². The van der Waals surface area contributed by atoms with Crippen molar-refractivity contribution in [1.29, 1.82) is 0 Å². The molecule has 6 heteroatoms. The Morgan fingerprint density at radius 2 is 2.29 bits per heavy atom. The number of aliphatic hydroxyl groups is 2. The molecule has 1 unspecified atom stereocenters. The van der Waals surface area contributed by atoms with Crippen LogP contribution in [-0.2, 0) is 11.3 Å². The molecule has 0 spiro atoms. The Morgan fingerprint density at radius 1 is 1.53 bits per heavy atom. The van der Waals surface area contributed by atoms with Gasteiger partial charge in [0.1, 0.15) is 6.61 Å². The second kappa shape index (κ2) is 5.03. The molecule has 1 aliphatic heterocycles. The van der Waals surface area contributed by atoms with Crippen molar-refractivity contribution in [3.8, 4) is 0 Å². The third kappa shape index (κ3) is 2.43. The standard InChI is InChI=1S/C11H12BrNO4/c12-8-2-1-6-5-17-11(16)9(6)10(8)13-3-7(15)4-14/h1-2,7,13-15H,3-5H2. The Kier molecular flexibility index (Phi) is 3.66. The van der Waals surface area contributed by atoms with Crippen LogP contribution >= 0.6 is 15.9 Å². The van der Waals surface area contributed by atoms with Crippen molar-refractivity contribution in [2.45, 2.75) is 12.7 Å². The van der Waals surface area contributed by atoms with Crippen LogP contribution in [0.25, 0.3) is 0 Å². The van der Waals surface area contributed by atoms with E-state index in [4.69, 9.17) is 9.84 Å². The molecule has 1 heterocycles. The molecule has 0 amide bonds. The minimum atomic E-state index is -0.866. The van der Waals surface area contributed by atoms with E-state index >= 15 is 0 Å². The fourth-order valence-electron chi connectivity index (χ4n) is 1.65. The van der Waals surface area contributed by atoms with Gasteiger partial charge < -0.3 is 20.3 Å². The van der Waals surface area contributed by atoms with E-state index in [9.17, 15) is 9.90 Å². The Morgan fingerprint density at radius 3 is 3.00 bits per heavy atom. The SMILES string of the molecule is O=C1OCc2ccc(Br)c(NCC(O)CO)c21. The Labute approximate surface area is 107 Å². The first-order valence-corrected chi connectivity index (χ1v) is 5.94. The number of halogens is 1. The van der Waals surface area contributed by atoms with Crippen molar-refractivity contribution in [1.82, 2.24) is 0 Å². The Hall–Kier alpha value is -1.11. The zero-order valence-electron chi connectivity index (χ0n) is 8.94. The van der Waals surface area contributed by atoms with Crippen LogP contribution in [0.3, 0.4) is 0 Å². The van der Waals surface area contributed by atoms with Gasteiger partial charge in [-0.1, -0.05) is 6.07 Å². The molecule has 2 rings (SSSR count). The third-order valence-corrected chi connectivity index (χ3v) is 3.19. The van der Waals surface area contributed by atoms with Crippen LogP contribution in [-0.4, -0.2) is 35.4 Å². The van der Waals surface area contributed by atoms with Gasteiger partial charge in [-0.2, -0.15) is 0 Å². The summed E-state index contributed by atoms with van der Waals surface area (Å²) in [5.41, 5.74) is 1.90. The van der Waals surface area contributed by atoms with E-state index in [-0.39, 0.29) is 25.7 Å². The molecule has 0 fully saturated rings. The van der Waals surface area contributed by atoms with Crippen molar-refractivity contribution in [3.63, 3.8) is 0 Å². The number of benzene rings is 1. The van der Waals surface area contributed by atoms with Gasteiger partial charge in [0.05, 0.1) is 24.0 Å². The molecular formula is C11H12BrNO4. The van der Waals surface area contributed by atoms with E-state index in [0.29, 0.717) is 11.3 Å². The number of rotatable bonds is 4. The van der Waals surface area contributed by atoms with Crippen molar-refractivity contribution in [2.75, 3.05) is 18.5 Å². The topological polar surface area (TPSA) is 78.8 Å². The fraction of sp³-hybridized carbons (Fsp3) is 0.364. The van der Waals surface area contributed by atoms with Crippen LogP contribution in [0.4, 0.5) is 5.69 Å². The summed E-state index contributed by atoms with van der Waals surface area (Å²) >= 11 is 3.33. The summed E-state index contributed by atoms with van der Waals surface area (Å²) in [6.07, 6.45) is -0.866. The van der Waals surface area contributed by atoms with E-state index in [1.165, 1.54) is 0 Å². The predicted octanol–water partition coefficient (Wildman–Crippen LogP) is 0.885. The summed E-state index contributed by atoms with van der Waals surface area (Å²) < 4.78 is 5.66. The molecule has 0 saturated carbocycles. The van der Waals surface area contributed by atoms with Gasteiger partial charge in [-0.05, 0) is 22.0 Å². The van der Waals surface area contributed by atoms with Crippen LogP contribution in [0, 0.1) is 0 Å². The molecule has 1 aliphatic rings. The molecule has 0 aliphatic carbocycles. The Bertz CT molecular complexity index is 449. The summed E-state index contributed by atoms with van der Waals surface area (Å²) in [4.78, 5) is 11.6. The van der Waals surface area contributed by atoms with Crippen molar-refractivity contribution < 1.29 is 19.7 Å². The van der Waals surface area contributed by atoms with Crippen molar-refractivity contribution >= 4 is 27.6 Å². The Balaban J connectivity index is 2.27. The highest BCUT2D eigenvalue weighted by Crippen LogP contribution is 2.33. The highest BCUT2D eigenvalue weighted by Gasteiger charge is 2.26. The lowest BCUT2D eigenvalue weighted by molar-refractivity contribution is 0.0535. The number of esters is 1. The van der Waals surface area contributed by atoms with E-state index in [0.717, 1.165) is 10.0 Å². The number of ether oxygens (including phenoxy) is 1. The lowest BCUT2D eigenvalue weighted by Crippen LogP contribution is -2.23. The van der Waals surface area contributed by atoms with Crippen LogP contribution in [0.5, 0.6) is 0 Å². The normalized spacial score (nSPS) is 15.4. The number of aliphatic hydroxyl groups excluding tert-OH is 2. The van der Waals surface area contributed by atoms with Gasteiger partial charge in [-0.3, -0.25) is 0 Å². The minimum Gasteiger partial charge on any atom is -0.457 e. The van der Waals surface area contributed by atoms with Crippen molar-refractivity contribution in [3.05, 3.63) is 27.7 Å². The number of anilines is 1. The quantitative estimate of drug-likeness (QED) is 0.720. The average Bonchev–Trinajstić information content (AvgIpc) is 2.70. The molecule has 3 N–H and O–H groups in total. The van der Waals surface area contributed by atoms with Crippen LogP contribution in [0.1, 0.15) is 15.9 Å². The monoisotopic (exact) mass is 301 g/mol. The van der Waals surface area contributed by atoms with Crippen molar-refractivity contribution in [2.24, 2.45) is 0 Å². The summed E-state index contributed by atoms with van der Waals surface area (Å²) in [6.45, 7) is 0.113. The van der Waals surface area contributed by atoms with Gasteiger partial charge in [0.2, 0.25) is 0 Å². The molecule has 0 bridgehead atoms. The first-order chi connectivity index (χ1) is 8.13. The fourth-order valence-corrected chi connectivity index (χ4v) is 2.12. The smallest absolute Gasteiger partial charge is 0.341 e. The average molecular weight is 302 g/mol. The number of carbonyl (C=O) groups is 1. The molecule has 0 radical (unpaired) electrons. The van der Waals surface area contributed by atoms with Gasteiger partial charge in [0.15, 0.2) is 0 Å². The molecule has 92 valence electrons. The molecule has 0 saturated heterocycles. The molecule has 5 nitrogen and oxygen atoms in total. The number of cyclic esters (lactones) is 1. The van der Waals surface area contributed by atoms with Crippen LogP contribution < -0.4 is 5.32 Å². The maximum atomic E-state index is 11.6. The highest BCUT2D eigenvalue weighted by molar-refractivity contribution is 9.10. The molecule has 17 heavy (non-hydrogen) atoms. The summed E-state index contributed by atoms with van der Waals surface area (Å²) in [6, 6.07) is 3.63. The largest absolute Gasteiger partial charge is 0.457 e. The molecule has 1 aromatic rings. The maximum Gasteiger partial charge on any atom is 0.341 e. The van der Waals surface area contributed by atoms with Crippen LogP contribution in [0.2, 0.25) is 0 Å². The van der Waals surface area contributed by atoms with Gasteiger partial charge in [-0.15, -0.1) is 0 Å². The second-order valence-corrected chi connectivity index (χ2v) is 4.60. The molecule has 0 aromatic heterocycles. The van der Waals surface area contributed by atoms with E-state index < -0.39 is 6.10 Å². The maximum absolute atomic E-state index is 11.6. The minimum absolute atomic E-state index is 0.166. The number of fused-ring (bicyclic) bond motifs is 1. The molecule has 1 atom stereocenters. The van der Waals surface area contributed by atoms with E-state index in [1.54, 1.807) is 0 Å². The molecular weight excluding hydrogens is 290 g/mol. The zero-order valence-corrected chi connectivity index (χ0v) is 10.5. The lowest BCUT2D eigenvalue weighted by Gasteiger charge is -2.13. The van der Waals surface area contributed by atoms with Gasteiger partial charge in [0, 0.05) is 16.6 Å². The van der Waals surface area contributed by atoms with Gasteiger partial charge in [0.25, 0.3) is 0 Å². The number of hydrogen-bond donors (Lipinski definition) is 3. The van der Waals surface area contributed by atoms with Gasteiger partial charge >= 0.3 is 5.97 Å². The second-order valence-electron chi connectivity index (χ2n) is 3.75. The highest BCUT2D eigenvalue weighted by atomic mass is 79.9. The first-order valence-electron chi connectivity index (χ1n) is 5.14. The first kappa shape index (κ1) is 12.3. The summed E-state index contributed by atoms with van der Waals surface area (Å²) in [7, 11) is 0. The van der Waals surface area contributed by atoms with E-state index in [2.05, 4.69) is 21.2 Å². The lowest BCUT2D eigenvalue weighted by atomic mass is 10.1. The summed E-state index contributed by atoms with van der Waals surface area (Å²) in [5, 5.41) is 21.0. The predicted molar refractivity (Wildman–Crippen MR) is 64.8 cm³/mol. The number of nitrogens with one attached hydrogen (secondary N) is 1. The number of carbonyl (C=O) groups excluding carboxylic acids is 1. The third-order valence-electron chi connectivity index (χ3n) is 2.53. The van der Waals surface area contributed by atoms with E-state index in [1.807, 2.05) is 12.1 Å². The van der Waals surface area contributed by atoms with Gasteiger partial charge in [-0.25, -0.2) is 4.79 Å². The summed E-state index contributed by atoms with van der Waals surface area (Å²) in [5.74, 6) is -0.373. The number of hydrogen-bond acceptors (Lipinski definition) is 5.